The fraction of sp³-hybridized carbons (Fsp3) is 0.500. The minimum atomic E-state index is 0.105. The second-order valence-electron chi connectivity index (χ2n) is 3.36. The van der Waals surface area contributed by atoms with Gasteiger partial charge in [0.25, 0.3) is 5.91 Å². The molecule has 1 aliphatic rings. The van der Waals surface area contributed by atoms with Gasteiger partial charge in [0, 0.05) is 13.1 Å². The highest BCUT2D eigenvalue weighted by molar-refractivity contribution is 5.93. The molecule has 0 aromatic carbocycles. The van der Waals surface area contributed by atoms with Crippen molar-refractivity contribution in [1.82, 2.24) is 4.90 Å². The van der Waals surface area contributed by atoms with E-state index < -0.39 is 0 Å². The summed E-state index contributed by atoms with van der Waals surface area (Å²) in [5.41, 5.74) is 0.668. The molecule has 0 bridgehead atoms. The summed E-state index contributed by atoms with van der Waals surface area (Å²) in [4.78, 5) is 13.6. The van der Waals surface area contributed by atoms with Gasteiger partial charge in [-0.2, -0.15) is 0 Å². The number of hydrogen-bond acceptors (Lipinski definition) is 2. The smallest absolute Gasteiger partial charge is 0.257 e. The molecule has 3 nitrogen and oxygen atoms in total. The maximum atomic E-state index is 11.7. The summed E-state index contributed by atoms with van der Waals surface area (Å²) >= 11 is 0. The molecule has 2 rings (SSSR count). The predicted octanol–water partition coefficient (Wildman–Crippen LogP) is 1.91. The lowest BCUT2D eigenvalue weighted by atomic mass is 10.1. The van der Waals surface area contributed by atoms with Crippen LogP contribution in [0.2, 0.25) is 0 Å². The van der Waals surface area contributed by atoms with Gasteiger partial charge in [-0.1, -0.05) is 0 Å². The lowest BCUT2D eigenvalue weighted by molar-refractivity contribution is 0.0723. The lowest BCUT2D eigenvalue weighted by Crippen LogP contribution is -2.35. The molecule has 3 heteroatoms. The van der Waals surface area contributed by atoms with Crippen LogP contribution < -0.4 is 0 Å². The third-order valence-corrected chi connectivity index (χ3v) is 2.41. The Balaban J connectivity index is 2.04. The summed E-state index contributed by atoms with van der Waals surface area (Å²) in [6, 6.07) is 1.72. The van der Waals surface area contributed by atoms with E-state index in [-0.39, 0.29) is 5.91 Å². The number of nitrogens with zero attached hydrogens (tertiary/aromatic N) is 1. The molecule has 1 aliphatic heterocycles. The highest BCUT2D eigenvalue weighted by atomic mass is 16.3. The highest BCUT2D eigenvalue weighted by Crippen LogP contribution is 2.12. The summed E-state index contributed by atoms with van der Waals surface area (Å²) < 4.78 is 4.88. The summed E-state index contributed by atoms with van der Waals surface area (Å²) in [6.07, 6.45) is 6.55. The Bertz CT molecular complexity index is 273. The van der Waals surface area contributed by atoms with E-state index in [4.69, 9.17) is 4.42 Å². The maximum absolute atomic E-state index is 11.7. The van der Waals surface area contributed by atoms with E-state index in [0.29, 0.717) is 5.56 Å². The molecule has 1 aromatic rings. The molecule has 0 spiro atoms. The molecular weight excluding hydrogens is 166 g/mol. The molecule has 0 saturated carbocycles. The standard InChI is InChI=1S/C10H13NO2/c12-10(9-4-7-13-8-9)11-5-2-1-3-6-11/h4,7-8H,1-3,5-6H2. The van der Waals surface area contributed by atoms with Crippen molar-refractivity contribution < 1.29 is 9.21 Å². The van der Waals surface area contributed by atoms with Crippen LogP contribution in [-0.2, 0) is 0 Å². The fourth-order valence-corrected chi connectivity index (χ4v) is 1.67. The molecule has 0 atom stereocenters. The van der Waals surface area contributed by atoms with Crippen LogP contribution in [0, 0.1) is 0 Å². The van der Waals surface area contributed by atoms with E-state index in [0.717, 1.165) is 25.9 Å². The lowest BCUT2D eigenvalue weighted by Gasteiger charge is -2.26. The SMILES string of the molecule is O=C(c1ccoc1)N1CCCCC1. The van der Waals surface area contributed by atoms with Crippen molar-refractivity contribution in [2.24, 2.45) is 0 Å². The topological polar surface area (TPSA) is 33.5 Å². The fourth-order valence-electron chi connectivity index (χ4n) is 1.67. The van der Waals surface area contributed by atoms with E-state index in [9.17, 15) is 4.79 Å². The molecule has 70 valence electrons. The minimum absolute atomic E-state index is 0.105. The Hall–Kier alpha value is -1.25. The van der Waals surface area contributed by atoms with E-state index in [1.165, 1.54) is 18.9 Å². The number of furan rings is 1. The second-order valence-corrected chi connectivity index (χ2v) is 3.36. The van der Waals surface area contributed by atoms with Crippen LogP contribution in [0.15, 0.2) is 23.0 Å². The summed E-state index contributed by atoms with van der Waals surface area (Å²) in [7, 11) is 0. The van der Waals surface area contributed by atoms with Gasteiger partial charge < -0.3 is 9.32 Å². The number of amides is 1. The first-order chi connectivity index (χ1) is 6.38. The van der Waals surface area contributed by atoms with Crippen LogP contribution in [0.3, 0.4) is 0 Å². The first kappa shape index (κ1) is 8.35. The Morgan fingerprint density at radius 3 is 2.69 bits per heavy atom. The Kier molecular flexibility index (Phi) is 2.34. The van der Waals surface area contributed by atoms with Crippen molar-refractivity contribution in [3.05, 3.63) is 24.2 Å². The molecule has 0 aliphatic carbocycles. The van der Waals surface area contributed by atoms with Crippen LogP contribution in [0.4, 0.5) is 0 Å². The van der Waals surface area contributed by atoms with E-state index >= 15 is 0 Å². The minimum Gasteiger partial charge on any atom is -0.472 e. The van der Waals surface area contributed by atoms with Gasteiger partial charge in [-0.3, -0.25) is 4.79 Å². The average Bonchev–Trinajstić information content (AvgIpc) is 2.71. The molecule has 1 amide bonds. The van der Waals surface area contributed by atoms with Crippen molar-refractivity contribution >= 4 is 5.91 Å². The maximum Gasteiger partial charge on any atom is 0.257 e. The molecule has 1 aromatic heterocycles. The van der Waals surface area contributed by atoms with Gasteiger partial charge in [-0.15, -0.1) is 0 Å². The molecule has 1 saturated heterocycles. The van der Waals surface area contributed by atoms with Gasteiger partial charge >= 0.3 is 0 Å². The summed E-state index contributed by atoms with van der Waals surface area (Å²) in [5.74, 6) is 0.105. The van der Waals surface area contributed by atoms with Gasteiger partial charge in [0.15, 0.2) is 0 Å². The molecule has 2 heterocycles. The molecule has 0 N–H and O–H groups in total. The van der Waals surface area contributed by atoms with Gasteiger partial charge in [0.1, 0.15) is 6.26 Å². The van der Waals surface area contributed by atoms with Gasteiger partial charge in [-0.25, -0.2) is 0 Å². The third-order valence-electron chi connectivity index (χ3n) is 2.41. The third kappa shape index (κ3) is 1.74. The predicted molar refractivity (Wildman–Crippen MR) is 48.5 cm³/mol. The summed E-state index contributed by atoms with van der Waals surface area (Å²) in [6.45, 7) is 1.79. The summed E-state index contributed by atoms with van der Waals surface area (Å²) in [5, 5.41) is 0. The highest BCUT2D eigenvalue weighted by Gasteiger charge is 2.18. The first-order valence-corrected chi connectivity index (χ1v) is 4.69. The molecule has 1 fully saturated rings. The van der Waals surface area contributed by atoms with E-state index in [1.54, 1.807) is 6.07 Å². The zero-order chi connectivity index (χ0) is 9.10. The number of carbonyl (C=O) groups excluding carboxylic acids is 1. The quantitative estimate of drug-likeness (QED) is 0.659. The Labute approximate surface area is 77.3 Å². The Morgan fingerprint density at radius 1 is 1.31 bits per heavy atom. The van der Waals surface area contributed by atoms with Gasteiger partial charge in [-0.05, 0) is 25.3 Å². The van der Waals surface area contributed by atoms with Crippen LogP contribution >= 0.6 is 0 Å². The van der Waals surface area contributed by atoms with Crippen molar-refractivity contribution in [2.45, 2.75) is 19.3 Å². The number of carbonyl (C=O) groups is 1. The van der Waals surface area contributed by atoms with E-state index in [2.05, 4.69) is 0 Å². The van der Waals surface area contributed by atoms with Crippen LogP contribution in [0.25, 0.3) is 0 Å². The number of rotatable bonds is 1. The largest absolute Gasteiger partial charge is 0.472 e. The van der Waals surface area contributed by atoms with Gasteiger partial charge in [0.2, 0.25) is 0 Å². The Morgan fingerprint density at radius 2 is 2.08 bits per heavy atom. The average molecular weight is 179 g/mol. The van der Waals surface area contributed by atoms with Crippen molar-refractivity contribution in [1.29, 1.82) is 0 Å². The van der Waals surface area contributed by atoms with Gasteiger partial charge in [0.05, 0.1) is 11.8 Å². The molecule has 0 radical (unpaired) electrons. The van der Waals surface area contributed by atoms with Crippen LogP contribution in [0.1, 0.15) is 29.6 Å². The molecular formula is C10H13NO2. The van der Waals surface area contributed by atoms with Crippen LogP contribution in [-0.4, -0.2) is 23.9 Å². The van der Waals surface area contributed by atoms with Crippen molar-refractivity contribution in [2.75, 3.05) is 13.1 Å². The molecule has 13 heavy (non-hydrogen) atoms. The normalized spacial score (nSPS) is 17.4. The monoisotopic (exact) mass is 179 g/mol. The van der Waals surface area contributed by atoms with Crippen molar-refractivity contribution in [3.63, 3.8) is 0 Å². The van der Waals surface area contributed by atoms with E-state index in [1.807, 2.05) is 4.90 Å². The van der Waals surface area contributed by atoms with Crippen molar-refractivity contribution in [3.8, 4) is 0 Å². The first-order valence-electron chi connectivity index (χ1n) is 4.69. The zero-order valence-electron chi connectivity index (χ0n) is 7.53. The number of piperidine rings is 1. The number of hydrogen-bond donors (Lipinski definition) is 0. The zero-order valence-corrected chi connectivity index (χ0v) is 7.53. The molecule has 0 unspecified atom stereocenters. The second kappa shape index (κ2) is 3.64. The number of likely N-dealkylation sites (tertiary alicyclic amines) is 1. The van der Waals surface area contributed by atoms with Crippen LogP contribution in [0.5, 0.6) is 0 Å².